The van der Waals surface area contributed by atoms with E-state index in [-0.39, 0.29) is 0 Å². The van der Waals surface area contributed by atoms with Crippen LogP contribution in [0.1, 0.15) is 22.3 Å². The van der Waals surface area contributed by atoms with Crippen molar-refractivity contribution in [2.24, 2.45) is 0 Å². The normalized spacial score (nSPS) is 15.1. The summed E-state index contributed by atoms with van der Waals surface area (Å²) in [5.41, 5.74) is 5.65. The van der Waals surface area contributed by atoms with Crippen LogP contribution in [-0.2, 0) is 6.42 Å². The van der Waals surface area contributed by atoms with Gasteiger partial charge < -0.3 is 0 Å². The summed E-state index contributed by atoms with van der Waals surface area (Å²) in [4.78, 5) is 0. The molecule has 1 aromatic rings. The van der Waals surface area contributed by atoms with E-state index in [0.29, 0.717) is 0 Å². The molecule has 0 fully saturated rings. The summed E-state index contributed by atoms with van der Waals surface area (Å²) < 4.78 is 0. The minimum atomic E-state index is 1.06. The first-order valence-electron chi connectivity index (χ1n) is 5.44. The molecule has 1 radical (unpaired) electrons. The lowest BCUT2D eigenvalue weighted by atomic mass is 9.93. The highest BCUT2D eigenvalue weighted by atomic mass is 14.1. The first kappa shape index (κ1) is 10.2. The number of benzene rings is 1. The van der Waals surface area contributed by atoms with Gasteiger partial charge in [0.15, 0.2) is 0 Å². The van der Waals surface area contributed by atoms with Gasteiger partial charge in [0, 0.05) is 5.92 Å². The van der Waals surface area contributed by atoms with Crippen molar-refractivity contribution in [1.29, 1.82) is 0 Å². The number of hydrogen-bond donors (Lipinski definition) is 0. The summed E-state index contributed by atoms with van der Waals surface area (Å²) in [6.45, 7) is 6.57. The maximum atomic E-state index is 2.30. The van der Waals surface area contributed by atoms with Gasteiger partial charge in [-0.2, -0.15) is 0 Å². The molecule has 0 nitrogen and oxygen atoms in total. The topological polar surface area (TPSA) is 0 Å². The van der Waals surface area contributed by atoms with Gasteiger partial charge in [-0.25, -0.2) is 0 Å². The van der Waals surface area contributed by atoms with Crippen LogP contribution in [0.15, 0.2) is 36.4 Å². The Morgan fingerprint density at radius 1 is 0.933 bits per heavy atom. The molecular weight excluding hydrogens is 180 g/mol. The summed E-state index contributed by atoms with van der Waals surface area (Å²) in [5.74, 6) is 1.41. The average Bonchev–Trinajstić information content (AvgIpc) is 2.66. The van der Waals surface area contributed by atoms with Gasteiger partial charge in [0.1, 0.15) is 0 Å². The van der Waals surface area contributed by atoms with Crippen molar-refractivity contribution < 1.29 is 0 Å². The van der Waals surface area contributed by atoms with Gasteiger partial charge >= 0.3 is 0 Å². The van der Waals surface area contributed by atoms with Gasteiger partial charge in [0.25, 0.3) is 0 Å². The summed E-state index contributed by atoms with van der Waals surface area (Å²) >= 11 is 0. The van der Waals surface area contributed by atoms with Gasteiger partial charge in [-0.05, 0) is 43.9 Å². The molecule has 0 saturated heterocycles. The molecule has 0 aromatic heterocycles. The molecular formula is C15H17. The molecule has 0 saturated carbocycles. The Bertz CT molecular complexity index is 410. The molecule has 1 aliphatic carbocycles. The van der Waals surface area contributed by atoms with Gasteiger partial charge in [0.2, 0.25) is 0 Å². The standard InChI is InChI=1S/C15H17/c1-11-8-12(2)13(3)15(9-11)10-14-6-4-5-7-14/h4-9H,10H2,1-3H3. The van der Waals surface area contributed by atoms with E-state index in [1.165, 1.54) is 28.2 Å². The monoisotopic (exact) mass is 197 g/mol. The molecule has 0 spiro atoms. The second-order valence-electron chi connectivity index (χ2n) is 4.34. The molecule has 0 heterocycles. The largest absolute Gasteiger partial charge is 0.0730 e. The van der Waals surface area contributed by atoms with Crippen LogP contribution in [0.4, 0.5) is 0 Å². The molecule has 0 bridgehead atoms. The SMILES string of the molecule is Cc1cc(C)c(C)c(C[C]2C=CC=C2)c1. The quantitative estimate of drug-likeness (QED) is 0.675. The van der Waals surface area contributed by atoms with Crippen molar-refractivity contribution in [3.63, 3.8) is 0 Å². The maximum Gasteiger partial charge on any atom is 0.0237 e. The van der Waals surface area contributed by atoms with Crippen molar-refractivity contribution in [1.82, 2.24) is 0 Å². The Balaban J connectivity index is 2.27. The lowest BCUT2D eigenvalue weighted by Crippen LogP contribution is -1.99. The summed E-state index contributed by atoms with van der Waals surface area (Å²) in [6, 6.07) is 4.55. The lowest BCUT2D eigenvalue weighted by molar-refractivity contribution is 1.06. The van der Waals surface area contributed by atoms with Gasteiger partial charge in [-0.1, -0.05) is 42.0 Å². The lowest BCUT2D eigenvalue weighted by Gasteiger charge is -2.12. The molecule has 1 aromatic carbocycles. The van der Waals surface area contributed by atoms with Gasteiger partial charge in [-0.15, -0.1) is 0 Å². The van der Waals surface area contributed by atoms with Crippen molar-refractivity contribution >= 4 is 0 Å². The van der Waals surface area contributed by atoms with Crippen molar-refractivity contribution in [2.45, 2.75) is 27.2 Å². The second-order valence-corrected chi connectivity index (χ2v) is 4.34. The zero-order chi connectivity index (χ0) is 10.8. The van der Waals surface area contributed by atoms with E-state index < -0.39 is 0 Å². The van der Waals surface area contributed by atoms with E-state index in [2.05, 4.69) is 57.2 Å². The molecule has 0 amide bonds. The summed E-state index contributed by atoms with van der Waals surface area (Å²) in [7, 11) is 0. The molecule has 0 aliphatic heterocycles. The van der Waals surface area contributed by atoms with Gasteiger partial charge in [-0.3, -0.25) is 0 Å². The van der Waals surface area contributed by atoms with E-state index in [9.17, 15) is 0 Å². The predicted octanol–water partition coefficient (Wildman–Crippen LogP) is 3.85. The minimum Gasteiger partial charge on any atom is -0.0730 e. The highest BCUT2D eigenvalue weighted by molar-refractivity contribution is 5.43. The first-order chi connectivity index (χ1) is 7.16. The van der Waals surface area contributed by atoms with Gasteiger partial charge in [0.05, 0.1) is 0 Å². The number of hydrogen-bond acceptors (Lipinski definition) is 0. The molecule has 0 atom stereocenters. The summed E-state index contributed by atoms with van der Waals surface area (Å²) in [5, 5.41) is 0. The molecule has 0 N–H and O–H groups in total. The zero-order valence-electron chi connectivity index (χ0n) is 9.67. The molecule has 15 heavy (non-hydrogen) atoms. The predicted molar refractivity (Wildman–Crippen MR) is 65.9 cm³/mol. The van der Waals surface area contributed by atoms with Crippen LogP contribution in [0.2, 0.25) is 0 Å². The van der Waals surface area contributed by atoms with Crippen LogP contribution in [0.25, 0.3) is 0 Å². The van der Waals surface area contributed by atoms with Crippen LogP contribution in [-0.4, -0.2) is 0 Å². The fraction of sp³-hybridized carbons (Fsp3) is 0.267. The Morgan fingerprint density at radius 2 is 1.60 bits per heavy atom. The summed E-state index contributed by atoms with van der Waals surface area (Å²) in [6.07, 6.45) is 9.65. The zero-order valence-corrected chi connectivity index (χ0v) is 9.67. The maximum absolute atomic E-state index is 2.30. The molecule has 0 unspecified atom stereocenters. The van der Waals surface area contributed by atoms with Crippen molar-refractivity contribution in [2.75, 3.05) is 0 Å². The average molecular weight is 197 g/mol. The highest BCUT2D eigenvalue weighted by Gasteiger charge is 2.09. The second kappa shape index (κ2) is 4.06. The van der Waals surface area contributed by atoms with Crippen molar-refractivity contribution in [3.05, 3.63) is 64.6 Å². The molecule has 0 heteroatoms. The Labute approximate surface area is 92.3 Å². The first-order valence-corrected chi connectivity index (χ1v) is 5.44. The van der Waals surface area contributed by atoms with Crippen molar-refractivity contribution in [3.8, 4) is 0 Å². The molecule has 1 aliphatic rings. The Hall–Kier alpha value is -1.30. The van der Waals surface area contributed by atoms with E-state index >= 15 is 0 Å². The smallest absolute Gasteiger partial charge is 0.0237 e. The van der Waals surface area contributed by atoms with Crippen LogP contribution in [0.3, 0.4) is 0 Å². The van der Waals surface area contributed by atoms with Crippen LogP contribution >= 0.6 is 0 Å². The Morgan fingerprint density at radius 3 is 2.27 bits per heavy atom. The van der Waals surface area contributed by atoms with Crippen LogP contribution < -0.4 is 0 Å². The number of aryl methyl sites for hydroxylation is 2. The molecule has 77 valence electrons. The van der Waals surface area contributed by atoms with E-state index in [1.54, 1.807) is 0 Å². The fourth-order valence-electron chi connectivity index (χ4n) is 2.06. The molecule has 2 rings (SSSR count). The minimum absolute atomic E-state index is 1.06. The highest BCUT2D eigenvalue weighted by Crippen LogP contribution is 2.23. The van der Waals surface area contributed by atoms with Crippen LogP contribution in [0, 0.1) is 26.7 Å². The number of rotatable bonds is 2. The third-order valence-electron chi connectivity index (χ3n) is 3.05. The third kappa shape index (κ3) is 2.20. The number of allylic oxidation sites excluding steroid dienone is 4. The third-order valence-corrected chi connectivity index (χ3v) is 3.05. The van der Waals surface area contributed by atoms with E-state index in [0.717, 1.165) is 6.42 Å². The fourth-order valence-corrected chi connectivity index (χ4v) is 2.06. The van der Waals surface area contributed by atoms with E-state index in [1.807, 2.05) is 0 Å². The van der Waals surface area contributed by atoms with Crippen LogP contribution in [0.5, 0.6) is 0 Å². The van der Waals surface area contributed by atoms with E-state index in [4.69, 9.17) is 0 Å². The Kier molecular flexibility index (Phi) is 2.77.